The van der Waals surface area contributed by atoms with Gasteiger partial charge in [-0.3, -0.25) is 15.1 Å². The van der Waals surface area contributed by atoms with Gasteiger partial charge in [0.1, 0.15) is 11.6 Å². The van der Waals surface area contributed by atoms with Gasteiger partial charge in [0.2, 0.25) is 11.9 Å². The summed E-state index contributed by atoms with van der Waals surface area (Å²) in [6.45, 7) is 4.33. The van der Waals surface area contributed by atoms with E-state index in [-0.39, 0.29) is 18.3 Å². The molecule has 4 rings (SSSR count). The van der Waals surface area contributed by atoms with Crippen LogP contribution in [-0.4, -0.2) is 39.9 Å². The van der Waals surface area contributed by atoms with Crippen molar-refractivity contribution < 1.29 is 23.9 Å². The molecule has 0 aliphatic rings. The highest BCUT2D eigenvalue weighted by atomic mass is 32.1. The molecule has 4 aromatic rings. The van der Waals surface area contributed by atoms with E-state index < -0.39 is 0 Å². The number of ether oxygens (including phenoxy) is 1. The van der Waals surface area contributed by atoms with Gasteiger partial charge in [-0.15, -0.1) is 11.3 Å². The Morgan fingerprint density at radius 2 is 2.19 bits per heavy atom. The van der Waals surface area contributed by atoms with Gasteiger partial charge in [-0.1, -0.05) is 0 Å². The predicted molar refractivity (Wildman–Crippen MR) is 115 cm³/mol. The molecule has 0 aliphatic heterocycles. The summed E-state index contributed by atoms with van der Waals surface area (Å²) in [6, 6.07) is 6.62. The van der Waals surface area contributed by atoms with Crippen molar-refractivity contribution in [2.75, 3.05) is 13.7 Å². The number of aryl methyl sites for hydroxylation is 1. The molecule has 3 aromatic heterocycles. The first kappa shape index (κ1) is 20.8. The quantitative estimate of drug-likeness (QED) is 0.351. The van der Waals surface area contributed by atoms with Crippen molar-refractivity contribution >= 4 is 28.1 Å². The number of nitrogens with zero attached hydrogens (tertiary/aromatic N) is 3. The number of nitrogens with one attached hydrogen (secondary N) is 1. The van der Waals surface area contributed by atoms with Crippen LogP contribution in [0.25, 0.3) is 21.3 Å². The van der Waals surface area contributed by atoms with E-state index in [4.69, 9.17) is 4.74 Å². The molecule has 1 aromatic carbocycles. The molecule has 160 valence electrons. The Kier molecular flexibility index (Phi) is 5.60. The van der Waals surface area contributed by atoms with Crippen LogP contribution in [0.5, 0.6) is 5.75 Å². The molecule has 9 heteroatoms. The molecule has 0 aliphatic carbocycles. The number of rotatable bonds is 6. The Bertz CT molecular complexity index is 1270. The predicted octanol–water partition coefficient (Wildman–Crippen LogP) is 3.93. The van der Waals surface area contributed by atoms with Crippen molar-refractivity contribution in [1.29, 1.82) is 0 Å². The molecule has 0 radical (unpaired) electrons. The third kappa shape index (κ3) is 3.96. The summed E-state index contributed by atoms with van der Waals surface area (Å²) in [5.41, 5.74) is 3.36. The Morgan fingerprint density at radius 3 is 2.90 bits per heavy atom. The molecule has 1 amide bonds. The van der Waals surface area contributed by atoms with Crippen LogP contribution in [0.4, 0.5) is 4.39 Å². The van der Waals surface area contributed by atoms with Gasteiger partial charge in [-0.25, -0.2) is 4.39 Å². The maximum absolute atomic E-state index is 13.5. The van der Waals surface area contributed by atoms with Crippen molar-refractivity contribution in [3.05, 3.63) is 64.7 Å². The normalized spacial score (nSPS) is 11.1. The molecule has 31 heavy (non-hydrogen) atoms. The third-order valence-corrected chi connectivity index (χ3v) is 6.02. The highest BCUT2D eigenvalue weighted by Gasteiger charge is 2.21. The molecule has 0 spiro atoms. The van der Waals surface area contributed by atoms with Crippen LogP contribution in [0.2, 0.25) is 0 Å². The summed E-state index contributed by atoms with van der Waals surface area (Å²) < 4.78 is 20.2. The Morgan fingerprint density at radius 1 is 1.39 bits per heavy atom. The smallest absolute Gasteiger partial charge is 0.254 e. The fraction of sp³-hybridized carbons (Fsp3) is 0.227. The number of thiophene rings is 1. The van der Waals surface area contributed by atoms with Crippen LogP contribution in [0.1, 0.15) is 28.5 Å². The number of fused-ring (bicyclic) bond motifs is 1. The molecule has 7 nitrogen and oxygen atoms in total. The number of pyridine rings is 1. The number of hydrogen-bond donors (Lipinski definition) is 2. The van der Waals surface area contributed by atoms with Gasteiger partial charge in [0.05, 0.1) is 35.8 Å². The number of halogens is 1. The fourth-order valence-corrected chi connectivity index (χ4v) is 4.28. The fourth-order valence-electron chi connectivity index (χ4n) is 3.49. The number of aromatic nitrogens is 3. The number of aromatic amines is 1. The summed E-state index contributed by atoms with van der Waals surface area (Å²) >= 11 is 1.28. The summed E-state index contributed by atoms with van der Waals surface area (Å²) in [5, 5.41) is 19.4. The Balaban J connectivity index is 1.63. The lowest BCUT2D eigenvalue weighted by molar-refractivity contribution is -0.908. The standard InChI is InChI=1S/C22H21FN4O3S/c1-4-30-19-7-14(5-6-17(19)20-8-16(23)12-31-20)22(28)26(3)10-15-11-27(29)13(2)18-9-24-25-21(15)18/h5-9,11-12,29H,4,10H2,1-3H3/p+1. The second-order valence-corrected chi connectivity index (χ2v) is 8.09. The average molecular weight is 442 g/mol. The molecule has 0 saturated heterocycles. The molecule has 0 unspecified atom stereocenters. The van der Waals surface area contributed by atoms with Gasteiger partial charge in [-0.2, -0.15) is 5.10 Å². The minimum Gasteiger partial charge on any atom is -0.493 e. The topological polar surface area (TPSA) is 82.3 Å². The average Bonchev–Trinajstić information content (AvgIpc) is 3.41. The van der Waals surface area contributed by atoms with E-state index in [1.807, 2.05) is 6.92 Å². The number of benzene rings is 1. The minimum absolute atomic E-state index is 0.206. The van der Waals surface area contributed by atoms with E-state index in [1.165, 1.54) is 22.8 Å². The highest BCUT2D eigenvalue weighted by molar-refractivity contribution is 7.13. The first-order valence-electron chi connectivity index (χ1n) is 9.72. The molecule has 0 atom stereocenters. The lowest BCUT2D eigenvalue weighted by Crippen LogP contribution is -2.35. The highest BCUT2D eigenvalue weighted by Crippen LogP contribution is 2.35. The van der Waals surface area contributed by atoms with E-state index in [2.05, 4.69) is 10.2 Å². The lowest BCUT2D eigenvalue weighted by Gasteiger charge is -2.18. The SMILES string of the molecule is CCOc1cc(C(=O)N(C)Cc2c[n+](O)c(C)c3cn[nH]c23)ccc1-c1cc(F)cs1. The van der Waals surface area contributed by atoms with Gasteiger partial charge in [0, 0.05) is 40.1 Å². The second kappa shape index (κ2) is 8.35. The Hall–Kier alpha value is -3.46. The van der Waals surface area contributed by atoms with Crippen LogP contribution >= 0.6 is 11.3 Å². The number of amides is 1. The molecule has 0 bridgehead atoms. The van der Waals surface area contributed by atoms with E-state index in [1.54, 1.807) is 49.5 Å². The van der Waals surface area contributed by atoms with Gasteiger partial charge in [0.15, 0.2) is 0 Å². The zero-order chi connectivity index (χ0) is 22.1. The van der Waals surface area contributed by atoms with Gasteiger partial charge in [0.25, 0.3) is 5.91 Å². The summed E-state index contributed by atoms with van der Waals surface area (Å²) in [4.78, 5) is 15.4. The Labute approximate surface area is 182 Å². The first-order valence-corrected chi connectivity index (χ1v) is 10.6. The molecule has 0 fully saturated rings. The molecular formula is C22H22FN4O3S+. The number of hydrogen-bond acceptors (Lipinski definition) is 5. The third-order valence-electron chi connectivity index (χ3n) is 5.09. The first-order chi connectivity index (χ1) is 14.9. The molecule has 2 N–H and O–H groups in total. The summed E-state index contributed by atoms with van der Waals surface area (Å²) in [7, 11) is 1.69. The monoisotopic (exact) mass is 441 g/mol. The molecular weight excluding hydrogens is 419 g/mol. The number of H-pyrrole nitrogens is 1. The molecule has 3 heterocycles. The lowest BCUT2D eigenvalue weighted by atomic mass is 10.1. The van der Waals surface area contributed by atoms with Crippen LogP contribution in [0, 0.1) is 12.7 Å². The van der Waals surface area contributed by atoms with Gasteiger partial charge < -0.3 is 9.64 Å². The summed E-state index contributed by atoms with van der Waals surface area (Å²) in [6.07, 6.45) is 3.21. The largest absolute Gasteiger partial charge is 0.493 e. The van der Waals surface area contributed by atoms with Gasteiger partial charge in [-0.05, 0) is 31.2 Å². The maximum atomic E-state index is 13.5. The van der Waals surface area contributed by atoms with Crippen LogP contribution < -0.4 is 9.47 Å². The zero-order valence-corrected chi connectivity index (χ0v) is 18.2. The van der Waals surface area contributed by atoms with Crippen molar-refractivity contribution in [2.45, 2.75) is 20.4 Å². The van der Waals surface area contributed by atoms with Gasteiger partial charge >= 0.3 is 0 Å². The van der Waals surface area contributed by atoms with E-state index in [0.717, 1.165) is 31.6 Å². The van der Waals surface area contributed by atoms with Crippen LogP contribution in [-0.2, 0) is 6.54 Å². The van der Waals surface area contributed by atoms with E-state index in [9.17, 15) is 14.4 Å². The van der Waals surface area contributed by atoms with Crippen LogP contribution in [0.15, 0.2) is 42.0 Å². The number of carbonyl (C=O) groups excluding carboxylic acids is 1. The van der Waals surface area contributed by atoms with E-state index >= 15 is 0 Å². The van der Waals surface area contributed by atoms with E-state index in [0.29, 0.717) is 23.6 Å². The maximum Gasteiger partial charge on any atom is 0.254 e. The summed E-state index contributed by atoms with van der Waals surface area (Å²) in [5.74, 6) is 0.0253. The van der Waals surface area contributed by atoms with Crippen LogP contribution in [0.3, 0.4) is 0 Å². The second-order valence-electron chi connectivity index (χ2n) is 7.18. The van der Waals surface area contributed by atoms with Crippen molar-refractivity contribution in [3.63, 3.8) is 0 Å². The van der Waals surface area contributed by atoms with Crippen molar-refractivity contribution in [1.82, 2.24) is 15.1 Å². The zero-order valence-electron chi connectivity index (χ0n) is 17.3. The molecule has 0 saturated carbocycles. The van der Waals surface area contributed by atoms with Crippen molar-refractivity contribution in [3.8, 4) is 16.2 Å². The number of carbonyl (C=O) groups is 1. The van der Waals surface area contributed by atoms with Crippen molar-refractivity contribution in [2.24, 2.45) is 0 Å². The minimum atomic E-state index is -0.299.